The quantitative estimate of drug-likeness (QED) is 0.551. The van der Waals surface area contributed by atoms with Crippen molar-refractivity contribution in [3.63, 3.8) is 0 Å². The van der Waals surface area contributed by atoms with Crippen molar-refractivity contribution in [2.45, 2.75) is 93.5 Å². The maximum atomic E-state index is 3.88. The first-order valence-corrected chi connectivity index (χ1v) is 8.56. The molecule has 118 valence electrons. The third kappa shape index (κ3) is 11.5. The zero-order valence-electron chi connectivity index (χ0n) is 15.3. The summed E-state index contributed by atoms with van der Waals surface area (Å²) < 4.78 is 0. The Morgan fingerprint density at radius 2 is 1.21 bits per heavy atom. The summed E-state index contributed by atoms with van der Waals surface area (Å²) in [5.74, 6) is 2.36. The van der Waals surface area contributed by atoms with E-state index in [0.717, 1.165) is 17.8 Å². The van der Waals surface area contributed by atoms with Crippen molar-refractivity contribution in [3.8, 4) is 0 Å². The summed E-state index contributed by atoms with van der Waals surface area (Å²) in [7, 11) is 0. The Morgan fingerprint density at radius 1 is 0.789 bits per heavy atom. The van der Waals surface area contributed by atoms with Gasteiger partial charge in [-0.05, 0) is 50.0 Å². The number of nitrogens with one attached hydrogen (secondary N) is 1. The van der Waals surface area contributed by atoms with Crippen molar-refractivity contribution >= 4 is 0 Å². The SMILES string of the molecule is CC.CCC(CC(C)C)(CC(C)C)NCCC(C)C. The van der Waals surface area contributed by atoms with Crippen LogP contribution in [0, 0.1) is 17.8 Å². The van der Waals surface area contributed by atoms with E-state index in [4.69, 9.17) is 0 Å². The second-order valence-electron chi connectivity index (χ2n) is 6.94. The van der Waals surface area contributed by atoms with Crippen molar-refractivity contribution in [2.75, 3.05) is 6.54 Å². The second kappa shape index (κ2) is 11.8. The third-order valence-electron chi connectivity index (χ3n) is 3.50. The Kier molecular flexibility index (Phi) is 13.2. The largest absolute Gasteiger partial charge is 0.311 e. The van der Waals surface area contributed by atoms with Crippen molar-refractivity contribution in [3.05, 3.63) is 0 Å². The summed E-state index contributed by atoms with van der Waals surface area (Å²) in [5, 5.41) is 3.88. The molecule has 0 unspecified atom stereocenters. The summed E-state index contributed by atoms with van der Waals surface area (Å²) in [5.41, 5.74) is 0.372. The highest BCUT2D eigenvalue weighted by molar-refractivity contribution is 4.88. The molecule has 0 heterocycles. The number of hydrogen-bond donors (Lipinski definition) is 1. The predicted molar refractivity (Wildman–Crippen MR) is 90.7 cm³/mol. The van der Waals surface area contributed by atoms with Gasteiger partial charge in [0.05, 0.1) is 0 Å². The maximum absolute atomic E-state index is 3.88. The lowest BCUT2D eigenvalue weighted by Crippen LogP contribution is -2.47. The van der Waals surface area contributed by atoms with Crippen LogP contribution in [0.15, 0.2) is 0 Å². The lowest BCUT2D eigenvalue weighted by molar-refractivity contribution is 0.211. The van der Waals surface area contributed by atoms with Gasteiger partial charge in [-0.2, -0.15) is 0 Å². The molecule has 1 nitrogen and oxygen atoms in total. The van der Waals surface area contributed by atoms with E-state index >= 15 is 0 Å². The van der Waals surface area contributed by atoms with Gasteiger partial charge in [0.2, 0.25) is 0 Å². The standard InChI is InChI=1S/C16H35N.C2H6/c1-8-16(11-14(4)5,12-15(6)7)17-10-9-13(2)3;1-2/h13-15,17H,8-12H2,1-7H3;1-2H3. The van der Waals surface area contributed by atoms with E-state index in [-0.39, 0.29) is 0 Å². The van der Waals surface area contributed by atoms with Gasteiger partial charge in [0.15, 0.2) is 0 Å². The monoisotopic (exact) mass is 271 g/mol. The summed E-state index contributed by atoms with van der Waals surface area (Å²) in [6, 6.07) is 0. The first-order chi connectivity index (χ1) is 8.81. The molecule has 0 aromatic rings. The van der Waals surface area contributed by atoms with Gasteiger partial charge in [-0.3, -0.25) is 0 Å². The Balaban J connectivity index is 0. The minimum absolute atomic E-state index is 0.372. The number of hydrogen-bond acceptors (Lipinski definition) is 1. The van der Waals surface area contributed by atoms with Gasteiger partial charge in [0, 0.05) is 5.54 Å². The molecule has 0 rings (SSSR count). The molecule has 0 amide bonds. The third-order valence-corrected chi connectivity index (χ3v) is 3.50. The van der Waals surface area contributed by atoms with Gasteiger partial charge in [-0.25, -0.2) is 0 Å². The maximum Gasteiger partial charge on any atom is 0.0183 e. The molecule has 0 aliphatic heterocycles. The van der Waals surface area contributed by atoms with E-state index < -0.39 is 0 Å². The Bertz CT molecular complexity index is 172. The molecule has 0 aromatic heterocycles. The van der Waals surface area contributed by atoms with E-state index in [1.807, 2.05) is 13.8 Å². The first-order valence-electron chi connectivity index (χ1n) is 8.56. The second-order valence-corrected chi connectivity index (χ2v) is 6.94. The van der Waals surface area contributed by atoms with Crippen molar-refractivity contribution in [2.24, 2.45) is 17.8 Å². The molecule has 0 aliphatic rings. The molecule has 0 fully saturated rings. The zero-order chi connectivity index (χ0) is 15.5. The summed E-state index contributed by atoms with van der Waals surface area (Å²) in [4.78, 5) is 0. The van der Waals surface area contributed by atoms with Crippen LogP contribution in [0.3, 0.4) is 0 Å². The Morgan fingerprint density at radius 3 is 1.47 bits per heavy atom. The van der Waals surface area contributed by atoms with Crippen LogP contribution in [0.5, 0.6) is 0 Å². The molecule has 0 aliphatic carbocycles. The average molecular weight is 272 g/mol. The highest BCUT2D eigenvalue weighted by Gasteiger charge is 2.29. The minimum Gasteiger partial charge on any atom is -0.311 e. The van der Waals surface area contributed by atoms with E-state index in [2.05, 4.69) is 53.8 Å². The van der Waals surface area contributed by atoms with Crippen LogP contribution in [0.4, 0.5) is 0 Å². The summed E-state index contributed by atoms with van der Waals surface area (Å²) in [6.45, 7) is 21.5. The van der Waals surface area contributed by atoms with E-state index in [9.17, 15) is 0 Å². The number of rotatable bonds is 9. The molecule has 0 saturated carbocycles. The van der Waals surface area contributed by atoms with Crippen LogP contribution in [-0.2, 0) is 0 Å². The van der Waals surface area contributed by atoms with E-state index in [1.54, 1.807) is 0 Å². The molecule has 1 heteroatoms. The lowest BCUT2D eigenvalue weighted by Gasteiger charge is -2.37. The highest BCUT2D eigenvalue weighted by Crippen LogP contribution is 2.28. The predicted octanol–water partition coefficient (Wildman–Crippen LogP) is 5.89. The van der Waals surface area contributed by atoms with Crippen molar-refractivity contribution in [1.29, 1.82) is 0 Å². The zero-order valence-corrected chi connectivity index (χ0v) is 15.3. The summed E-state index contributed by atoms with van der Waals surface area (Å²) >= 11 is 0. The smallest absolute Gasteiger partial charge is 0.0183 e. The van der Waals surface area contributed by atoms with Crippen LogP contribution in [0.1, 0.15) is 88.0 Å². The molecule has 0 aromatic carbocycles. The van der Waals surface area contributed by atoms with Crippen molar-refractivity contribution < 1.29 is 0 Å². The molecule has 0 radical (unpaired) electrons. The van der Waals surface area contributed by atoms with Gasteiger partial charge in [-0.15, -0.1) is 0 Å². The molecule has 0 spiro atoms. The fourth-order valence-electron chi connectivity index (χ4n) is 2.83. The fraction of sp³-hybridized carbons (Fsp3) is 1.00. The lowest BCUT2D eigenvalue weighted by atomic mass is 9.79. The fourth-order valence-corrected chi connectivity index (χ4v) is 2.83. The molecule has 19 heavy (non-hydrogen) atoms. The van der Waals surface area contributed by atoms with Crippen LogP contribution < -0.4 is 5.32 Å². The average Bonchev–Trinajstić information content (AvgIpc) is 2.29. The molecule has 0 bridgehead atoms. The van der Waals surface area contributed by atoms with Crippen molar-refractivity contribution in [1.82, 2.24) is 5.32 Å². The summed E-state index contributed by atoms with van der Waals surface area (Å²) in [6.07, 6.45) is 5.15. The molecular formula is C18H41N. The molecule has 0 saturated heterocycles. The topological polar surface area (TPSA) is 12.0 Å². The Labute approximate surface area is 123 Å². The van der Waals surface area contributed by atoms with Crippen LogP contribution in [0.2, 0.25) is 0 Å². The highest BCUT2D eigenvalue weighted by atomic mass is 15.0. The van der Waals surface area contributed by atoms with Gasteiger partial charge < -0.3 is 5.32 Å². The molecule has 1 N–H and O–H groups in total. The van der Waals surface area contributed by atoms with Crippen LogP contribution in [0.25, 0.3) is 0 Å². The van der Waals surface area contributed by atoms with Gasteiger partial charge in [-0.1, -0.05) is 62.3 Å². The van der Waals surface area contributed by atoms with Gasteiger partial charge in [0.25, 0.3) is 0 Å². The van der Waals surface area contributed by atoms with E-state index in [0.29, 0.717) is 5.54 Å². The van der Waals surface area contributed by atoms with Crippen LogP contribution >= 0.6 is 0 Å². The van der Waals surface area contributed by atoms with Crippen LogP contribution in [-0.4, -0.2) is 12.1 Å². The molecular weight excluding hydrogens is 230 g/mol. The molecule has 0 atom stereocenters. The van der Waals surface area contributed by atoms with Gasteiger partial charge >= 0.3 is 0 Å². The minimum atomic E-state index is 0.372. The first kappa shape index (κ1) is 21.3. The normalized spacial score (nSPS) is 12.0. The van der Waals surface area contributed by atoms with E-state index in [1.165, 1.54) is 32.2 Å². The Hall–Kier alpha value is -0.0400. The van der Waals surface area contributed by atoms with Gasteiger partial charge in [0.1, 0.15) is 0 Å².